The first kappa shape index (κ1) is 24.3. The van der Waals surface area contributed by atoms with E-state index in [2.05, 4.69) is 0 Å². The quantitative estimate of drug-likeness (QED) is 0.326. The van der Waals surface area contributed by atoms with Gasteiger partial charge in [-0.05, 0) is 53.9 Å². The minimum atomic E-state index is -0.712. The van der Waals surface area contributed by atoms with Gasteiger partial charge in [0.25, 0.3) is 11.6 Å². The van der Waals surface area contributed by atoms with E-state index in [0.717, 1.165) is 11.1 Å². The molecule has 0 bridgehead atoms. The third-order valence-corrected chi connectivity index (χ3v) is 6.21. The van der Waals surface area contributed by atoms with Crippen molar-refractivity contribution in [3.05, 3.63) is 92.2 Å². The molecule has 0 N–H and O–H groups in total. The molecule has 1 amide bonds. The highest BCUT2D eigenvalue weighted by atomic mass is 35.5. The molecule has 3 aromatic carbocycles. The second-order valence-corrected chi connectivity index (χ2v) is 8.24. The lowest BCUT2D eigenvalue weighted by Crippen LogP contribution is -2.43. The summed E-state index contributed by atoms with van der Waals surface area (Å²) >= 11 is 6.18. The van der Waals surface area contributed by atoms with Crippen molar-refractivity contribution in [1.29, 1.82) is 0 Å². The number of hydrogen-bond donors (Lipinski definition) is 0. The maximum atomic E-state index is 14.6. The molecule has 35 heavy (non-hydrogen) atoms. The summed E-state index contributed by atoms with van der Waals surface area (Å²) < 4.78 is 31.4. The number of non-ortho nitro benzene ring substituents is 1. The molecule has 0 saturated heterocycles. The van der Waals surface area contributed by atoms with Crippen LogP contribution < -0.4 is 14.2 Å². The molecule has 1 atom stereocenters. The molecule has 0 fully saturated rings. The van der Waals surface area contributed by atoms with Crippen molar-refractivity contribution in [3.8, 4) is 17.2 Å². The number of ether oxygens (including phenoxy) is 3. The van der Waals surface area contributed by atoms with Crippen LogP contribution in [0, 0.1) is 15.9 Å². The maximum Gasteiger partial charge on any atom is 0.269 e. The zero-order valence-electron chi connectivity index (χ0n) is 19.0. The molecule has 1 heterocycles. The predicted octanol–water partition coefficient (Wildman–Crippen LogP) is 5.22. The van der Waals surface area contributed by atoms with Crippen LogP contribution in [-0.4, -0.2) is 43.1 Å². The highest BCUT2D eigenvalue weighted by Crippen LogP contribution is 2.39. The van der Waals surface area contributed by atoms with Gasteiger partial charge >= 0.3 is 0 Å². The lowest BCUT2D eigenvalue weighted by molar-refractivity contribution is -0.384. The molecule has 0 unspecified atom stereocenters. The standard InChI is InChI=1S/C25H22ClFN2O6/c1-33-22-12-15-10-11-28(25(30)24-19(26)4-3-5-20(24)27)21(18(15)13-23(22)34-2)14-35-17-8-6-16(7-9-17)29(31)32/h3-9,12-13,21H,10-11,14H2,1-2H3/t21-/m1/s1. The summed E-state index contributed by atoms with van der Waals surface area (Å²) in [5.41, 5.74) is 1.42. The van der Waals surface area contributed by atoms with E-state index >= 15 is 0 Å². The third kappa shape index (κ3) is 4.85. The predicted molar refractivity (Wildman–Crippen MR) is 127 cm³/mol. The highest BCUT2D eigenvalue weighted by molar-refractivity contribution is 6.33. The Morgan fingerprint density at radius 2 is 1.83 bits per heavy atom. The number of carbonyl (C=O) groups excluding carboxylic acids is 1. The van der Waals surface area contributed by atoms with Crippen LogP contribution in [0.15, 0.2) is 54.6 Å². The molecule has 0 radical (unpaired) electrons. The molecule has 1 aliphatic rings. The van der Waals surface area contributed by atoms with Gasteiger partial charge in [-0.3, -0.25) is 14.9 Å². The molecule has 0 aromatic heterocycles. The average Bonchev–Trinajstić information content (AvgIpc) is 2.86. The van der Waals surface area contributed by atoms with E-state index in [1.54, 1.807) is 6.07 Å². The first-order valence-electron chi connectivity index (χ1n) is 10.7. The van der Waals surface area contributed by atoms with Gasteiger partial charge < -0.3 is 19.1 Å². The van der Waals surface area contributed by atoms with Gasteiger partial charge in [0, 0.05) is 18.7 Å². The van der Waals surface area contributed by atoms with Gasteiger partial charge in [0.1, 0.15) is 18.2 Å². The van der Waals surface area contributed by atoms with E-state index in [9.17, 15) is 19.3 Å². The van der Waals surface area contributed by atoms with Crippen LogP contribution in [0.5, 0.6) is 17.2 Å². The molecule has 182 valence electrons. The molecule has 10 heteroatoms. The number of rotatable bonds is 7. The van der Waals surface area contributed by atoms with Gasteiger partial charge in [-0.15, -0.1) is 0 Å². The van der Waals surface area contributed by atoms with Gasteiger partial charge in [0.2, 0.25) is 0 Å². The Hall–Kier alpha value is -3.85. The molecule has 0 spiro atoms. The summed E-state index contributed by atoms with van der Waals surface area (Å²) in [4.78, 5) is 25.4. The zero-order valence-corrected chi connectivity index (χ0v) is 19.8. The Labute approximate surface area is 205 Å². The fourth-order valence-electron chi connectivity index (χ4n) is 4.14. The monoisotopic (exact) mass is 500 g/mol. The number of nitro groups is 1. The fourth-order valence-corrected chi connectivity index (χ4v) is 4.38. The summed E-state index contributed by atoms with van der Waals surface area (Å²) in [6.45, 7) is 0.304. The van der Waals surface area contributed by atoms with Crippen LogP contribution in [0.1, 0.15) is 27.5 Å². The zero-order chi connectivity index (χ0) is 25.1. The first-order valence-corrected chi connectivity index (χ1v) is 11.1. The molecule has 8 nitrogen and oxygen atoms in total. The van der Waals surface area contributed by atoms with E-state index in [1.807, 2.05) is 6.07 Å². The van der Waals surface area contributed by atoms with Crippen LogP contribution in [0.2, 0.25) is 5.02 Å². The van der Waals surface area contributed by atoms with Crippen molar-refractivity contribution in [1.82, 2.24) is 4.90 Å². The Bertz CT molecular complexity index is 1250. The third-order valence-electron chi connectivity index (χ3n) is 5.90. The highest BCUT2D eigenvalue weighted by Gasteiger charge is 2.35. The summed E-state index contributed by atoms with van der Waals surface area (Å²) in [5, 5.41) is 10.9. The van der Waals surface area contributed by atoms with Crippen molar-refractivity contribution in [2.24, 2.45) is 0 Å². The van der Waals surface area contributed by atoms with Crippen LogP contribution in [-0.2, 0) is 6.42 Å². The number of nitro benzene ring substituents is 1. The number of methoxy groups -OCH3 is 2. The number of halogens is 2. The molecule has 1 aliphatic heterocycles. The van der Waals surface area contributed by atoms with Gasteiger partial charge in [0.05, 0.1) is 35.8 Å². The summed E-state index contributed by atoms with van der Waals surface area (Å²) in [6, 6.07) is 12.7. The Morgan fingerprint density at radius 3 is 2.46 bits per heavy atom. The van der Waals surface area contributed by atoms with Crippen LogP contribution in [0.4, 0.5) is 10.1 Å². The van der Waals surface area contributed by atoms with Gasteiger partial charge in [-0.25, -0.2) is 4.39 Å². The minimum Gasteiger partial charge on any atom is -0.493 e. The molecular formula is C25H22ClFN2O6. The largest absolute Gasteiger partial charge is 0.493 e. The lowest BCUT2D eigenvalue weighted by atomic mass is 9.91. The normalized spacial score (nSPS) is 14.7. The van der Waals surface area contributed by atoms with Crippen molar-refractivity contribution in [2.75, 3.05) is 27.4 Å². The second kappa shape index (κ2) is 10.2. The number of benzene rings is 3. The smallest absolute Gasteiger partial charge is 0.269 e. The van der Waals surface area contributed by atoms with Crippen molar-refractivity contribution < 1.29 is 28.3 Å². The van der Waals surface area contributed by atoms with Gasteiger partial charge in [-0.2, -0.15) is 0 Å². The topological polar surface area (TPSA) is 91.1 Å². The number of amides is 1. The van der Waals surface area contributed by atoms with Crippen molar-refractivity contribution in [2.45, 2.75) is 12.5 Å². The molecule has 0 saturated carbocycles. The van der Waals surface area contributed by atoms with Gasteiger partial charge in [-0.1, -0.05) is 17.7 Å². The van der Waals surface area contributed by atoms with E-state index in [1.165, 1.54) is 61.6 Å². The lowest BCUT2D eigenvalue weighted by Gasteiger charge is -2.38. The van der Waals surface area contributed by atoms with Crippen LogP contribution in [0.25, 0.3) is 0 Å². The van der Waals surface area contributed by atoms with E-state index in [0.29, 0.717) is 30.2 Å². The molecule has 3 aromatic rings. The molecule has 4 rings (SSSR count). The Morgan fingerprint density at radius 1 is 1.14 bits per heavy atom. The SMILES string of the molecule is COc1cc2c(cc1OC)[C@@H](COc1ccc([N+](=O)[O-])cc1)N(C(=O)c1c(F)cccc1Cl)CC2. The summed E-state index contributed by atoms with van der Waals surface area (Å²) in [6.07, 6.45) is 0.502. The average molecular weight is 501 g/mol. The van der Waals surface area contributed by atoms with Crippen molar-refractivity contribution >= 4 is 23.2 Å². The van der Waals surface area contributed by atoms with E-state index in [4.69, 9.17) is 25.8 Å². The Balaban J connectivity index is 1.72. The number of carbonyl (C=O) groups is 1. The molecule has 0 aliphatic carbocycles. The number of fused-ring (bicyclic) bond motifs is 1. The van der Waals surface area contributed by atoms with Crippen LogP contribution in [0.3, 0.4) is 0 Å². The van der Waals surface area contributed by atoms with E-state index in [-0.39, 0.29) is 22.9 Å². The second-order valence-electron chi connectivity index (χ2n) is 7.83. The fraction of sp³-hybridized carbons (Fsp3) is 0.240. The minimum absolute atomic E-state index is 0.0120. The van der Waals surface area contributed by atoms with E-state index < -0.39 is 22.7 Å². The summed E-state index contributed by atoms with van der Waals surface area (Å²) in [5.74, 6) is 0.143. The number of hydrogen-bond acceptors (Lipinski definition) is 6. The maximum absolute atomic E-state index is 14.6. The molecular weight excluding hydrogens is 479 g/mol. The first-order chi connectivity index (χ1) is 16.8. The van der Waals surface area contributed by atoms with Crippen LogP contribution >= 0.6 is 11.6 Å². The van der Waals surface area contributed by atoms with Crippen molar-refractivity contribution in [3.63, 3.8) is 0 Å². The van der Waals surface area contributed by atoms with Gasteiger partial charge in [0.15, 0.2) is 11.5 Å². The number of nitrogens with zero attached hydrogens (tertiary/aromatic N) is 2. The summed E-state index contributed by atoms with van der Waals surface area (Å²) in [7, 11) is 3.05. The Kier molecular flexibility index (Phi) is 7.07.